The highest BCUT2D eigenvalue weighted by Crippen LogP contribution is 2.33. The summed E-state index contributed by atoms with van der Waals surface area (Å²) in [4.78, 5) is 5.18. The van der Waals surface area contributed by atoms with Crippen molar-refractivity contribution in [1.29, 1.82) is 0 Å². The van der Waals surface area contributed by atoms with E-state index in [0.29, 0.717) is 5.92 Å². The van der Waals surface area contributed by atoms with Crippen molar-refractivity contribution in [3.05, 3.63) is 29.8 Å². The molecule has 0 aliphatic carbocycles. The van der Waals surface area contributed by atoms with Gasteiger partial charge in [-0.15, -0.1) is 0 Å². The predicted octanol–water partition coefficient (Wildman–Crippen LogP) is 2.22. The maximum absolute atomic E-state index is 3.53. The molecule has 1 N–H and O–H groups in total. The van der Waals surface area contributed by atoms with Crippen molar-refractivity contribution in [3.8, 4) is 0 Å². The Bertz CT molecular complexity index is 410. The number of hydrogen-bond donors (Lipinski definition) is 1. The molecule has 1 fully saturated rings. The van der Waals surface area contributed by atoms with Gasteiger partial charge in [-0.2, -0.15) is 0 Å². The summed E-state index contributed by atoms with van der Waals surface area (Å²) in [5, 5.41) is 3.53. The van der Waals surface area contributed by atoms with Gasteiger partial charge >= 0.3 is 0 Å². The van der Waals surface area contributed by atoms with Crippen molar-refractivity contribution < 1.29 is 0 Å². The standard InChI is InChI=1S/C16H25N3/c1-2-18-9-11-19(12-10-18)8-7-14-13-17-16-6-4-3-5-15(14)16/h3-6,14,17H,2,7-13H2,1H3. The molecule has 1 unspecified atom stereocenters. The highest BCUT2D eigenvalue weighted by Gasteiger charge is 2.23. The molecule has 104 valence electrons. The van der Waals surface area contributed by atoms with Crippen molar-refractivity contribution in [1.82, 2.24) is 9.80 Å². The molecule has 0 radical (unpaired) electrons. The molecule has 3 heteroatoms. The third-order valence-electron chi connectivity index (χ3n) is 4.65. The Morgan fingerprint density at radius 3 is 2.63 bits per heavy atom. The topological polar surface area (TPSA) is 18.5 Å². The molecule has 3 rings (SSSR count). The molecular formula is C16H25N3. The summed E-state index contributed by atoms with van der Waals surface area (Å²) in [6.07, 6.45) is 1.29. The van der Waals surface area contributed by atoms with Gasteiger partial charge in [0, 0.05) is 44.3 Å². The monoisotopic (exact) mass is 259 g/mol. The van der Waals surface area contributed by atoms with E-state index in [1.807, 2.05) is 0 Å². The first-order valence-corrected chi connectivity index (χ1v) is 7.64. The van der Waals surface area contributed by atoms with Crippen LogP contribution in [0.25, 0.3) is 0 Å². The lowest BCUT2D eigenvalue weighted by molar-refractivity contribution is 0.134. The van der Waals surface area contributed by atoms with E-state index in [0.717, 1.165) is 6.54 Å². The molecule has 2 aliphatic rings. The third-order valence-corrected chi connectivity index (χ3v) is 4.65. The molecule has 0 saturated carbocycles. The number of benzene rings is 1. The largest absolute Gasteiger partial charge is 0.384 e. The first kappa shape index (κ1) is 12.9. The lowest BCUT2D eigenvalue weighted by Gasteiger charge is -2.34. The fraction of sp³-hybridized carbons (Fsp3) is 0.625. The second-order valence-electron chi connectivity index (χ2n) is 5.73. The Labute approximate surface area is 116 Å². The summed E-state index contributed by atoms with van der Waals surface area (Å²) in [5.74, 6) is 0.709. The van der Waals surface area contributed by atoms with E-state index in [4.69, 9.17) is 0 Å². The lowest BCUT2D eigenvalue weighted by Crippen LogP contribution is -2.46. The van der Waals surface area contributed by atoms with E-state index < -0.39 is 0 Å². The number of anilines is 1. The summed E-state index contributed by atoms with van der Waals surface area (Å²) in [6.45, 7) is 10.8. The van der Waals surface area contributed by atoms with Crippen molar-refractivity contribution in [3.63, 3.8) is 0 Å². The summed E-state index contributed by atoms with van der Waals surface area (Å²) < 4.78 is 0. The van der Waals surface area contributed by atoms with E-state index in [1.54, 1.807) is 0 Å². The fourth-order valence-corrected chi connectivity index (χ4v) is 3.28. The SMILES string of the molecule is CCN1CCN(CCC2CNc3ccccc32)CC1. The molecule has 1 atom stereocenters. The number of piperazine rings is 1. The zero-order chi connectivity index (χ0) is 13.1. The van der Waals surface area contributed by atoms with Gasteiger partial charge in [-0.05, 0) is 31.1 Å². The molecule has 19 heavy (non-hydrogen) atoms. The molecule has 0 aromatic heterocycles. The summed E-state index contributed by atoms with van der Waals surface area (Å²) in [6, 6.07) is 8.78. The smallest absolute Gasteiger partial charge is 0.0376 e. The molecule has 3 nitrogen and oxygen atoms in total. The maximum atomic E-state index is 3.53. The second kappa shape index (κ2) is 5.93. The molecule has 0 amide bonds. The quantitative estimate of drug-likeness (QED) is 0.894. The Morgan fingerprint density at radius 1 is 1.11 bits per heavy atom. The normalized spacial score (nSPS) is 24.2. The zero-order valence-electron chi connectivity index (χ0n) is 11.9. The van der Waals surface area contributed by atoms with Gasteiger partial charge in [-0.3, -0.25) is 0 Å². The Kier molecular flexibility index (Phi) is 4.04. The number of nitrogens with one attached hydrogen (secondary N) is 1. The van der Waals surface area contributed by atoms with Gasteiger partial charge in [0.2, 0.25) is 0 Å². The van der Waals surface area contributed by atoms with E-state index in [-0.39, 0.29) is 0 Å². The van der Waals surface area contributed by atoms with Gasteiger partial charge < -0.3 is 15.1 Å². The predicted molar refractivity (Wildman–Crippen MR) is 80.8 cm³/mol. The van der Waals surface area contributed by atoms with E-state index in [2.05, 4.69) is 46.3 Å². The third kappa shape index (κ3) is 2.93. The highest BCUT2D eigenvalue weighted by atomic mass is 15.3. The van der Waals surface area contributed by atoms with Crippen LogP contribution < -0.4 is 5.32 Å². The van der Waals surface area contributed by atoms with Gasteiger partial charge in [0.25, 0.3) is 0 Å². The van der Waals surface area contributed by atoms with Crippen LogP contribution in [-0.2, 0) is 0 Å². The summed E-state index contributed by atoms with van der Waals surface area (Å²) in [5.41, 5.74) is 2.87. The van der Waals surface area contributed by atoms with E-state index in [1.165, 1.54) is 56.9 Å². The summed E-state index contributed by atoms with van der Waals surface area (Å²) >= 11 is 0. The Balaban J connectivity index is 1.49. The molecule has 0 bridgehead atoms. The van der Waals surface area contributed by atoms with Gasteiger partial charge in [0.15, 0.2) is 0 Å². The van der Waals surface area contributed by atoms with Gasteiger partial charge in [0.05, 0.1) is 0 Å². The number of fused-ring (bicyclic) bond motifs is 1. The van der Waals surface area contributed by atoms with Crippen LogP contribution in [0.1, 0.15) is 24.8 Å². The molecule has 1 aromatic rings. The number of rotatable bonds is 4. The van der Waals surface area contributed by atoms with Crippen molar-refractivity contribution in [2.24, 2.45) is 0 Å². The fourth-order valence-electron chi connectivity index (χ4n) is 3.28. The summed E-state index contributed by atoms with van der Waals surface area (Å²) in [7, 11) is 0. The van der Waals surface area contributed by atoms with Gasteiger partial charge in [0.1, 0.15) is 0 Å². The lowest BCUT2D eigenvalue weighted by atomic mass is 9.97. The highest BCUT2D eigenvalue weighted by molar-refractivity contribution is 5.57. The molecule has 2 aliphatic heterocycles. The molecular weight excluding hydrogens is 234 g/mol. The van der Waals surface area contributed by atoms with Gasteiger partial charge in [-0.25, -0.2) is 0 Å². The maximum Gasteiger partial charge on any atom is 0.0376 e. The van der Waals surface area contributed by atoms with E-state index in [9.17, 15) is 0 Å². The number of hydrogen-bond acceptors (Lipinski definition) is 3. The average Bonchev–Trinajstić information content (AvgIpc) is 2.89. The van der Waals surface area contributed by atoms with E-state index >= 15 is 0 Å². The first-order valence-electron chi connectivity index (χ1n) is 7.64. The van der Waals surface area contributed by atoms with Crippen LogP contribution in [0.2, 0.25) is 0 Å². The van der Waals surface area contributed by atoms with Crippen LogP contribution in [0.5, 0.6) is 0 Å². The first-order chi connectivity index (χ1) is 9.36. The molecule has 1 aromatic carbocycles. The van der Waals surface area contributed by atoms with Crippen LogP contribution in [0, 0.1) is 0 Å². The van der Waals surface area contributed by atoms with Crippen molar-refractivity contribution in [2.75, 3.05) is 51.1 Å². The molecule has 0 spiro atoms. The minimum absolute atomic E-state index is 0.709. The average molecular weight is 259 g/mol. The minimum Gasteiger partial charge on any atom is -0.384 e. The van der Waals surface area contributed by atoms with Crippen LogP contribution in [0.4, 0.5) is 5.69 Å². The molecule has 1 saturated heterocycles. The van der Waals surface area contributed by atoms with Crippen molar-refractivity contribution >= 4 is 5.69 Å². The number of nitrogens with zero attached hydrogens (tertiary/aromatic N) is 2. The Morgan fingerprint density at radius 2 is 1.84 bits per heavy atom. The minimum atomic E-state index is 0.709. The number of para-hydroxylation sites is 1. The number of likely N-dealkylation sites (N-methyl/N-ethyl adjacent to an activating group) is 1. The van der Waals surface area contributed by atoms with Crippen LogP contribution in [0.3, 0.4) is 0 Å². The van der Waals surface area contributed by atoms with Crippen LogP contribution in [-0.4, -0.2) is 55.6 Å². The molecule has 2 heterocycles. The second-order valence-corrected chi connectivity index (χ2v) is 5.73. The Hall–Kier alpha value is -1.06. The van der Waals surface area contributed by atoms with Crippen LogP contribution >= 0.6 is 0 Å². The van der Waals surface area contributed by atoms with Crippen LogP contribution in [0.15, 0.2) is 24.3 Å². The van der Waals surface area contributed by atoms with Gasteiger partial charge in [-0.1, -0.05) is 25.1 Å². The van der Waals surface area contributed by atoms with Crippen molar-refractivity contribution in [2.45, 2.75) is 19.3 Å². The zero-order valence-corrected chi connectivity index (χ0v) is 11.9.